The van der Waals surface area contributed by atoms with Crippen molar-refractivity contribution in [3.05, 3.63) is 59.3 Å². The minimum absolute atomic E-state index is 0.0929. The van der Waals surface area contributed by atoms with Gasteiger partial charge in [-0.3, -0.25) is 9.59 Å². The predicted molar refractivity (Wildman–Crippen MR) is 109 cm³/mol. The molecule has 0 bridgehead atoms. The first-order valence-corrected chi connectivity index (χ1v) is 10.1. The van der Waals surface area contributed by atoms with Crippen LogP contribution in [0.4, 0.5) is 0 Å². The van der Waals surface area contributed by atoms with E-state index in [9.17, 15) is 9.59 Å². The molecule has 1 aromatic heterocycles. The van der Waals surface area contributed by atoms with Crippen LogP contribution in [-0.2, 0) is 16.0 Å². The first kappa shape index (κ1) is 17.8. The number of hydrogen-bond acceptors (Lipinski definition) is 5. The number of H-pyrrole nitrogens is 1. The van der Waals surface area contributed by atoms with Crippen LogP contribution in [0.3, 0.4) is 0 Å². The summed E-state index contributed by atoms with van der Waals surface area (Å²) in [4.78, 5) is 33.0. The van der Waals surface area contributed by atoms with Gasteiger partial charge in [0.15, 0.2) is 11.5 Å². The van der Waals surface area contributed by atoms with E-state index in [1.54, 1.807) is 4.90 Å². The molecular weight excluding hydrogens is 396 g/mol. The number of aromatic nitrogens is 1. The second-order valence-corrected chi connectivity index (χ2v) is 7.95. The molecule has 1 N–H and O–H groups in total. The third-order valence-electron chi connectivity index (χ3n) is 6.32. The molecule has 3 aliphatic heterocycles. The van der Waals surface area contributed by atoms with Crippen LogP contribution >= 0.6 is 0 Å². The molecule has 2 atom stereocenters. The first-order chi connectivity index (χ1) is 15.2. The number of nitriles is 1. The van der Waals surface area contributed by atoms with Gasteiger partial charge in [0.1, 0.15) is 19.1 Å². The van der Waals surface area contributed by atoms with Gasteiger partial charge in [0, 0.05) is 23.0 Å². The molecule has 1 fully saturated rings. The van der Waals surface area contributed by atoms with E-state index >= 15 is 0 Å². The van der Waals surface area contributed by atoms with Crippen molar-refractivity contribution < 1.29 is 19.1 Å². The number of carbonyl (C=O) groups excluding carboxylic acids is 2. The minimum atomic E-state index is -0.656. The number of aromatic amines is 1. The number of para-hydroxylation sites is 1. The number of hydrogen-bond donors (Lipinski definition) is 1. The largest absolute Gasteiger partial charge is 0.454 e. The van der Waals surface area contributed by atoms with Gasteiger partial charge in [0.05, 0.1) is 12.1 Å². The lowest BCUT2D eigenvalue weighted by molar-refractivity contribution is -0.158. The van der Waals surface area contributed by atoms with Crippen LogP contribution in [0.25, 0.3) is 10.9 Å². The van der Waals surface area contributed by atoms with E-state index in [1.807, 2.05) is 48.5 Å². The highest BCUT2D eigenvalue weighted by Crippen LogP contribution is 2.44. The van der Waals surface area contributed by atoms with E-state index in [-0.39, 0.29) is 31.7 Å². The topological polar surface area (TPSA) is 98.7 Å². The van der Waals surface area contributed by atoms with E-state index in [4.69, 9.17) is 14.7 Å². The van der Waals surface area contributed by atoms with Gasteiger partial charge in [-0.05, 0) is 29.3 Å². The molecular formula is C23H18N4O4. The van der Waals surface area contributed by atoms with Crippen molar-refractivity contribution in [2.24, 2.45) is 0 Å². The summed E-state index contributed by atoms with van der Waals surface area (Å²) in [5.74, 6) is 0.919. The van der Waals surface area contributed by atoms with Gasteiger partial charge in [0.25, 0.3) is 0 Å². The molecule has 0 spiro atoms. The minimum Gasteiger partial charge on any atom is -0.454 e. The van der Waals surface area contributed by atoms with Crippen molar-refractivity contribution in [3.8, 4) is 17.6 Å². The van der Waals surface area contributed by atoms with Crippen LogP contribution in [0, 0.1) is 11.3 Å². The van der Waals surface area contributed by atoms with Gasteiger partial charge < -0.3 is 24.3 Å². The zero-order valence-corrected chi connectivity index (χ0v) is 16.5. The Morgan fingerprint density at radius 3 is 2.84 bits per heavy atom. The summed E-state index contributed by atoms with van der Waals surface area (Å²) in [7, 11) is 0. The SMILES string of the molecule is N#CCN1CC(=O)N2[C@H](c3ccc4c(c3)OCO4)c3[nH]c4ccccc4c3C[C@@H]2C1=O. The Morgan fingerprint density at radius 1 is 1.13 bits per heavy atom. The molecule has 8 heteroatoms. The summed E-state index contributed by atoms with van der Waals surface area (Å²) in [5.41, 5.74) is 3.74. The maximum atomic E-state index is 13.3. The van der Waals surface area contributed by atoms with Crippen molar-refractivity contribution in [1.29, 1.82) is 5.26 Å². The number of carbonyl (C=O) groups is 2. The number of rotatable bonds is 2. The number of nitrogens with zero attached hydrogens (tertiary/aromatic N) is 3. The smallest absolute Gasteiger partial charge is 0.247 e. The zero-order valence-electron chi connectivity index (χ0n) is 16.5. The summed E-state index contributed by atoms with van der Waals surface area (Å²) in [6.07, 6.45) is 0.410. The monoisotopic (exact) mass is 414 g/mol. The Bertz CT molecular complexity index is 1290. The van der Waals surface area contributed by atoms with E-state index in [0.717, 1.165) is 27.7 Å². The molecule has 4 heterocycles. The standard InChI is InChI=1S/C23H18N4O4/c24-7-8-26-11-20(28)27-17(23(26)29)10-15-14-3-1-2-4-16(14)25-21(15)22(27)13-5-6-18-19(9-13)31-12-30-18/h1-6,9,17,22,25H,8,10-12H2/t17-,22-/m1/s1. The third kappa shape index (κ3) is 2.53. The average Bonchev–Trinajstić information content (AvgIpc) is 3.40. The van der Waals surface area contributed by atoms with Gasteiger partial charge in [0.2, 0.25) is 18.6 Å². The maximum absolute atomic E-state index is 13.3. The third-order valence-corrected chi connectivity index (χ3v) is 6.32. The molecule has 0 unspecified atom stereocenters. The van der Waals surface area contributed by atoms with Crippen molar-refractivity contribution in [3.63, 3.8) is 0 Å². The van der Waals surface area contributed by atoms with E-state index in [1.165, 1.54) is 4.90 Å². The van der Waals surface area contributed by atoms with E-state index in [0.29, 0.717) is 17.9 Å². The average molecular weight is 414 g/mol. The van der Waals surface area contributed by atoms with Crippen LogP contribution in [0.5, 0.6) is 11.5 Å². The summed E-state index contributed by atoms with van der Waals surface area (Å²) >= 11 is 0. The molecule has 1 saturated heterocycles. The van der Waals surface area contributed by atoms with Gasteiger partial charge in [-0.25, -0.2) is 0 Å². The van der Waals surface area contributed by atoms with Crippen LogP contribution in [0.2, 0.25) is 0 Å². The van der Waals surface area contributed by atoms with Crippen LogP contribution in [-0.4, -0.2) is 52.5 Å². The molecule has 3 aliphatic rings. The Morgan fingerprint density at radius 2 is 1.97 bits per heavy atom. The van der Waals surface area contributed by atoms with Gasteiger partial charge in [-0.15, -0.1) is 0 Å². The van der Waals surface area contributed by atoms with Crippen molar-refractivity contribution >= 4 is 22.7 Å². The molecule has 0 aliphatic carbocycles. The Hall–Kier alpha value is -3.99. The quantitative estimate of drug-likeness (QED) is 0.648. The van der Waals surface area contributed by atoms with E-state index in [2.05, 4.69) is 4.98 Å². The highest BCUT2D eigenvalue weighted by atomic mass is 16.7. The highest BCUT2D eigenvalue weighted by molar-refractivity contribution is 5.97. The zero-order chi connectivity index (χ0) is 21.1. The van der Waals surface area contributed by atoms with Crippen LogP contribution in [0.1, 0.15) is 22.9 Å². The first-order valence-electron chi connectivity index (χ1n) is 10.1. The highest BCUT2D eigenvalue weighted by Gasteiger charge is 2.48. The van der Waals surface area contributed by atoms with Gasteiger partial charge >= 0.3 is 0 Å². The summed E-state index contributed by atoms with van der Waals surface area (Å²) in [6, 6.07) is 14.5. The molecule has 0 saturated carbocycles. The lowest BCUT2D eigenvalue weighted by Crippen LogP contribution is -2.63. The fraction of sp³-hybridized carbons (Fsp3) is 0.261. The molecule has 2 amide bonds. The summed E-state index contributed by atoms with van der Waals surface area (Å²) in [6.45, 7) is -0.0299. The van der Waals surface area contributed by atoms with Gasteiger partial charge in [-0.2, -0.15) is 5.26 Å². The van der Waals surface area contributed by atoms with Crippen molar-refractivity contribution in [1.82, 2.24) is 14.8 Å². The van der Waals surface area contributed by atoms with Gasteiger partial charge in [-0.1, -0.05) is 24.3 Å². The molecule has 2 aromatic carbocycles. The number of ether oxygens (including phenoxy) is 2. The molecule has 154 valence electrons. The number of benzene rings is 2. The number of amides is 2. The fourth-order valence-electron chi connectivity index (χ4n) is 4.97. The molecule has 8 nitrogen and oxygen atoms in total. The summed E-state index contributed by atoms with van der Waals surface area (Å²) < 4.78 is 11.0. The second-order valence-electron chi connectivity index (χ2n) is 7.95. The lowest BCUT2D eigenvalue weighted by Gasteiger charge is -2.46. The number of fused-ring (bicyclic) bond motifs is 5. The lowest BCUT2D eigenvalue weighted by atomic mass is 9.86. The maximum Gasteiger partial charge on any atom is 0.247 e. The Kier molecular flexibility index (Phi) is 3.74. The fourth-order valence-corrected chi connectivity index (χ4v) is 4.97. The van der Waals surface area contributed by atoms with Crippen molar-refractivity contribution in [2.45, 2.75) is 18.5 Å². The molecule has 31 heavy (non-hydrogen) atoms. The number of nitrogens with one attached hydrogen (secondary N) is 1. The van der Waals surface area contributed by atoms with Crippen LogP contribution < -0.4 is 9.47 Å². The molecule has 6 rings (SSSR count). The second kappa shape index (κ2) is 6.51. The Balaban J connectivity index is 1.55. The molecule has 3 aromatic rings. The predicted octanol–water partition coefficient (Wildman–Crippen LogP) is 2.11. The van der Waals surface area contributed by atoms with Crippen molar-refractivity contribution in [2.75, 3.05) is 19.9 Å². The summed E-state index contributed by atoms with van der Waals surface area (Å²) in [5, 5.41) is 10.1. The normalized spacial score (nSPS) is 21.8. The van der Waals surface area contributed by atoms with Crippen LogP contribution in [0.15, 0.2) is 42.5 Å². The Labute approximate surface area is 177 Å². The number of piperazine rings is 1. The van der Waals surface area contributed by atoms with E-state index < -0.39 is 12.1 Å². The molecule has 0 radical (unpaired) electrons.